The van der Waals surface area contributed by atoms with Crippen LogP contribution in [0.3, 0.4) is 0 Å². The van der Waals surface area contributed by atoms with Gasteiger partial charge in [0.1, 0.15) is 0 Å². The van der Waals surface area contributed by atoms with Gasteiger partial charge in [-0.2, -0.15) is 11.8 Å². The Hall–Kier alpha value is -0.440. The molecular formula is C8H14O2S. The van der Waals surface area contributed by atoms with Crippen molar-refractivity contribution in [1.29, 1.82) is 0 Å². The summed E-state index contributed by atoms with van der Waals surface area (Å²) in [6, 6.07) is 0. The van der Waals surface area contributed by atoms with Crippen LogP contribution < -0.4 is 0 Å². The van der Waals surface area contributed by atoms with Gasteiger partial charge in [-0.3, -0.25) is 0 Å². The maximum atomic E-state index is 10.3. The zero-order valence-electron chi connectivity index (χ0n) is 7.13. The number of thioether (sulfide) groups is 1. The molecule has 0 aromatic carbocycles. The van der Waals surface area contributed by atoms with E-state index in [9.17, 15) is 4.79 Å². The average Bonchev–Trinajstić information content (AvgIpc) is 1.86. The predicted octanol–water partition coefficient (Wildman–Crippen LogP) is 2.16. The van der Waals surface area contributed by atoms with Crippen LogP contribution in [-0.4, -0.2) is 22.1 Å². The van der Waals surface area contributed by atoms with Gasteiger partial charge in [0.25, 0.3) is 0 Å². The van der Waals surface area contributed by atoms with Gasteiger partial charge in [-0.25, -0.2) is 4.79 Å². The van der Waals surface area contributed by atoms with Gasteiger partial charge in [0.15, 0.2) is 0 Å². The minimum absolute atomic E-state index is 0.429. The Kier molecular flexibility index (Phi) is 5.03. The molecule has 0 fully saturated rings. The van der Waals surface area contributed by atoms with E-state index in [4.69, 9.17) is 5.11 Å². The van der Waals surface area contributed by atoms with Crippen molar-refractivity contribution in [2.75, 3.05) is 5.75 Å². The Morgan fingerprint density at radius 3 is 2.55 bits per heavy atom. The Labute approximate surface area is 71.7 Å². The van der Waals surface area contributed by atoms with E-state index >= 15 is 0 Å². The molecule has 0 radical (unpaired) electrons. The standard InChI is InChI=1S/C8H14O2S/c1-6(2)11-5-4-7(3)8(9)10/h4,6H,5H2,1-3H3,(H,9,10). The molecule has 0 bridgehead atoms. The molecule has 0 aliphatic heterocycles. The summed E-state index contributed by atoms with van der Waals surface area (Å²) in [7, 11) is 0. The first kappa shape index (κ1) is 10.6. The molecule has 0 amide bonds. The number of carboxylic acids is 1. The molecular weight excluding hydrogens is 160 g/mol. The molecule has 0 aromatic rings. The molecule has 0 spiro atoms. The Bertz CT molecular complexity index is 161. The highest BCUT2D eigenvalue weighted by atomic mass is 32.2. The molecule has 0 unspecified atom stereocenters. The van der Waals surface area contributed by atoms with Gasteiger partial charge in [0.2, 0.25) is 0 Å². The molecule has 0 aromatic heterocycles. The minimum Gasteiger partial charge on any atom is -0.478 e. The highest BCUT2D eigenvalue weighted by molar-refractivity contribution is 8.00. The summed E-state index contributed by atoms with van der Waals surface area (Å²) in [5.74, 6) is -0.0372. The van der Waals surface area contributed by atoms with Crippen molar-refractivity contribution in [2.45, 2.75) is 26.0 Å². The summed E-state index contributed by atoms with van der Waals surface area (Å²) >= 11 is 1.74. The van der Waals surface area contributed by atoms with E-state index in [1.807, 2.05) is 0 Å². The molecule has 3 heteroatoms. The third-order valence-corrected chi connectivity index (χ3v) is 2.18. The van der Waals surface area contributed by atoms with Crippen LogP contribution in [0.1, 0.15) is 20.8 Å². The van der Waals surface area contributed by atoms with Crippen molar-refractivity contribution < 1.29 is 9.90 Å². The maximum absolute atomic E-state index is 10.3. The van der Waals surface area contributed by atoms with Gasteiger partial charge in [-0.15, -0.1) is 0 Å². The zero-order valence-corrected chi connectivity index (χ0v) is 7.94. The number of hydrogen-bond acceptors (Lipinski definition) is 2. The van der Waals surface area contributed by atoms with Gasteiger partial charge < -0.3 is 5.11 Å². The van der Waals surface area contributed by atoms with Crippen molar-refractivity contribution in [3.05, 3.63) is 11.6 Å². The van der Waals surface area contributed by atoms with Crippen molar-refractivity contribution in [2.24, 2.45) is 0 Å². The molecule has 0 atom stereocenters. The first-order valence-corrected chi connectivity index (χ1v) is 4.60. The average molecular weight is 174 g/mol. The van der Waals surface area contributed by atoms with E-state index in [1.165, 1.54) is 0 Å². The van der Waals surface area contributed by atoms with Crippen LogP contribution in [0, 0.1) is 0 Å². The Balaban J connectivity index is 3.65. The Morgan fingerprint density at radius 1 is 1.64 bits per heavy atom. The molecule has 11 heavy (non-hydrogen) atoms. The fraction of sp³-hybridized carbons (Fsp3) is 0.625. The normalized spacial score (nSPS) is 12.2. The maximum Gasteiger partial charge on any atom is 0.330 e. The minimum atomic E-state index is -0.825. The van der Waals surface area contributed by atoms with Crippen LogP contribution in [0.4, 0.5) is 0 Å². The first-order chi connectivity index (χ1) is 5.04. The van der Waals surface area contributed by atoms with Crippen LogP contribution >= 0.6 is 11.8 Å². The third kappa shape index (κ3) is 5.98. The highest BCUT2D eigenvalue weighted by Crippen LogP contribution is 2.09. The molecule has 0 saturated heterocycles. The second kappa shape index (κ2) is 5.24. The van der Waals surface area contributed by atoms with Crippen molar-refractivity contribution in [3.63, 3.8) is 0 Å². The smallest absolute Gasteiger partial charge is 0.330 e. The lowest BCUT2D eigenvalue weighted by molar-refractivity contribution is -0.132. The molecule has 0 rings (SSSR count). The SMILES string of the molecule is CC(=CCSC(C)C)C(=O)O. The molecule has 2 nitrogen and oxygen atoms in total. The van der Waals surface area contributed by atoms with Gasteiger partial charge >= 0.3 is 5.97 Å². The van der Waals surface area contributed by atoms with Gasteiger partial charge in [0.05, 0.1) is 0 Å². The predicted molar refractivity (Wildman–Crippen MR) is 49.0 cm³/mol. The van der Waals surface area contributed by atoms with E-state index < -0.39 is 5.97 Å². The second-order valence-electron chi connectivity index (χ2n) is 2.57. The van der Waals surface area contributed by atoms with Crippen LogP contribution in [0.15, 0.2) is 11.6 Å². The van der Waals surface area contributed by atoms with E-state index in [-0.39, 0.29) is 0 Å². The fourth-order valence-electron chi connectivity index (χ4n) is 0.453. The van der Waals surface area contributed by atoms with Crippen LogP contribution in [0.2, 0.25) is 0 Å². The summed E-state index contributed by atoms with van der Waals surface area (Å²) in [4.78, 5) is 10.3. The van der Waals surface area contributed by atoms with Crippen molar-refractivity contribution >= 4 is 17.7 Å². The topological polar surface area (TPSA) is 37.3 Å². The van der Waals surface area contributed by atoms with E-state index in [2.05, 4.69) is 13.8 Å². The van der Waals surface area contributed by atoms with Crippen LogP contribution in [-0.2, 0) is 4.79 Å². The number of aliphatic carboxylic acids is 1. The van der Waals surface area contributed by atoms with Gasteiger partial charge in [-0.05, 0) is 12.2 Å². The lowest BCUT2D eigenvalue weighted by Gasteiger charge is -2.00. The zero-order chi connectivity index (χ0) is 8.85. The lowest BCUT2D eigenvalue weighted by atomic mass is 10.3. The second-order valence-corrected chi connectivity index (χ2v) is 4.18. The number of rotatable bonds is 4. The van der Waals surface area contributed by atoms with Crippen LogP contribution in [0.25, 0.3) is 0 Å². The summed E-state index contributed by atoms with van der Waals surface area (Å²) in [6.45, 7) is 5.80. The van der Waals surface area contributed by atoms with Crippen molar-refractivity contribution in [3.8, 4) is 0 Å². The molecule has 0 aliphatic carbocycles. The van der Waals surface area contributed by atoms with Crippen molar-refractivity contribution in [1.82, 2.24) is 0 Å². The molecule has 0 aliphatic rings. The quantitative estimate of drug-likeness (QED) is 0.664. The van der Waals surface area contributed by atoms with Gasteiger partial charge in [0, 0.05) is 11.3 Å². The van der Waals surface area contributed by atoms with Crippen LogP contribution in [0.5, 0.6) is 0 Å². The largest absolute Gasteiger partial charge is 0.478 e. The molecule has 0 heterocycles. The van der Waals surface area contributed by atoms with E-state index in [0.717, 1.165) is 5.75 Å². The van der Waals surface area contributed by atoms with Gasteiger partial charge in [-0.1, -0.05) is 19.9 Å². The number of carbonyl (C=O) groups is 1. The molecule has 64 valence electrons. The van der Waals surface area contributed by atoms with E-state index in [0.29, 0.717) is 10.8 Å². The molecule has 0 saturated carbocycles. The summed E-state index contributed by atoms with van der Waals surface area (Å²) < 4.78 is 0. The third-order valence-electron chi connectivity index (χ3n) is 1.16. The fourth-order valence-corrected chi connectivity index (χ4v) is 1.18. The monoisotopic (exact) mass is 174 g/mol. The Morgan fingerprint density at radius 2 is 2.18 bits per heavy atom. The summed E-state index contributed by atoms with van der Waals surface area (Å²) in [5, 5.41) is 9.03. The summed E-state index contributed by atoms with van der Waals surface area (Å²) in [6.07, 6.45) is 1.74. The number of hydrogen-bond donors (Lipinski definition) is 1. The first-order valence-electron chi connectivity index (χ1n) is 3.55. The lowest BCUT2D eigenvalue weighted by Crippen LogP contribution is -1.97. The molecule has 1 N–H and O–H groups in total. The summed E-state index contributed by atoms with van der Waals surface area (Å²) in [5.41, 5.74) is 0.429. The number of carboxylic acid groups (broad SMARTS) is 1. The highest BCUT2D eigenvalue weighted by Gasteiger charge is 1.98. The van der Waals surface area contributed by atoms with E-state index in [1.54, 1.807) is 24.8 Å².